The van der Waals surface area contributed by atoms with Gasteiger partial charge in [-0.05, 0) is 0 Å². The van der Waals surface area contributed by atoms with Crippen LogP contribution in [0.1, 0.15) is 0 Å². The highest BCUT2D eigenvalue weighted by atomic mass is 16.5. The van der Waals surface area contributed by atoms with Gasteiger partial charge in [0.05, 0.1) is 13.2 Å². The lowest BCUT2D eigenvalue weighted by molar-refractivity contribution is 0.00468. The number of carbonyl (C=O) groups is 1. The molecule has 1 aliphatic heterocycles. The van der Waals surface area contributed by atoms with E-state index in [1.165, 1.54) is 0 Å². The third-order valence-electron chi connectivity index (χ3n) is 1.47. The van der Waals surface area contributed by atoms with Crippen LogP contribution >= 0.6 is 0 Å². The van der Waals surface area contributed by atoms with E-state index in [4.69, 9.17) is 10.6 Å². The van der Waals surface area contributed by atoms with Gasteiger partial charge in [-0.15, -0.1) is 0 Å². The maximum Gasteiger partial charge on any atom is 0.344 e. The van der Waals surface area contributed by atoms with E-state index in [1.54, 1.807) is 0 Å². The number of amides is 2. The summed E-state index contributed by atoms with van der Waals surface area (Å²) >= 11 is 0. The van der Waals surface area contributed by atoms with Crippen molar-refractivity contribution in [2.24, 2.45) is 5.84 Å². The predicted octanol–water partition coefficient (Wildman–Crippen LogP) is -2.09. The molecule has 7 heteroatoms. The summed E-state index contributed by atoms with van der Waals surface area (Å²) < 4.78 is 5.10. The number of hydrazine groups is 3. The Bertz CT molecular complexity index is 147. The van der Waals surface area contributed by atoms with Crippen LogP contribution in [0.25, 0.3) is 0 Å². The second-order valence-corrected chi connectivity index (χ2v) is 2.31. The number of nitrogens with one attached hydrogen (secondary N) is 3. The maximum absolute atomic E-state index is 10.6. The summed E-state index contributed by atoms with van der Waals surface area (Å²) in [6.07, 6.45) is 0. The number of urea groups is 1. The third kappa shape index (κ3) is 3.01. The molecule has 1 saturated heterocycles. The highest BCUT2D eigenvalue weighted by Crippen LogP contribution is 1.89. The number of carbonyl (C=O) groups excluding carboxylic acids is 1. The van der Waals surface area contributed by atoms with Gasteiger partial charge >= 0.3 is 6.03 Å². The molecule has 1 fully saturated rings. The molecule has 0 saturated carbocycles. The van der Waals surface area contributed by atoms with Gasteiger partial charge in [-0.3, -0.25) is 10.9 Å². The molecule has 12 heavy (non-hydrogen) atoms. The van der Waals surface area contributed by atoms with E-state index in [0.717, 1.165) is 13.1 Å². The summed E-state index contributed by atoms with van der Waals surface area (Å²) in [6, 6.07) is -0.471. The first-order valence-electron chi connectivity index (χ1n) is 3.68. The molecule has 0 spiro atoms. The van der Waals surface area contributed by atoms with Crippen LogP contribution in [0.2, 0.25) is 0 Å². The van der Waals surface area contributed by atoms with Gasteiger partial charge < -0.3 is 4.74 Å². The van der Waals surface area contributed by atoms with Crippen LogP contribution in [-0.2, 0) is 4.74 Å². The normalized spacial score (nSPS) is 18.8. The number of hydrogen-bond acceptors (Lipinski definition) is 5. The zero-order valence-electron chi connectivity index (χ0n) is 6.67. The first-order chi connectivity index (χ1) is 5.83. The summed E-state index contributed by atoms with van der Waals surface area (Å²) in [4.78, 5) is 10.6. The number of hydrogen-bond donors (Lipinski definition) is 4. The zero-order valence-corrected chi connectivity index (χ0v) is 6.67. The smallest absolute Gasteiger partial charge is 0.344 e. The van der Waals surface area contributed by atoms with Crippen molar-refractivity contribution < 1.29 is 9.53 Å². The Morgan fingerprint density at radius 3 is 2.67 bits per heavy atom. The fourth-order valence-corrected chi connectivity index (χ4v) is 0.841. The molecule has 0 aromatic heterocycles. The first kappa shape index (κ1) is 9.20. The van der Waals surface area contributed by atoms with Gasteiger partial charge in [0.1, 0.15) is 0 Å². The van der Waals surface area contributed by atoms with Crippen molar-refractivity contribution in [3.63, 3.8) is 0 Å². The van der Waals surface area contributed by atoms with Crippen molar-refractivity contribution >= 4 is 6.03 Å². The minimum atomic E-state index is -0.471. The molecule has 2 amide bonds. The third-order valence-corrected chi connectivity index (χ3v) is 1.47. The molecule has 0 aromatic carbocycles. The molecule has 0 radical (unpaired) electrons. The van der Waals surface area contributed by atoms with Crippen LogP contribution in [0.4, 0.5) is 4.79 Å². The summed E-state index contributed by atoms with van der Waals surface area (Å²) in [5.41, 5.74) is 6.97. The Morgan fingerprint density at radius 2 is 2.08 bits per heavy atom. The van der Waals surface area contributed by atoms with E-state index < -0.39 is 6.03 Å². The average Bonchev–Trinajstić information content (AvgIpc) is 2.16. The molecule has 0 unspecified atom stereocenters. The second-order valence-electron chi connectivity index (χ2n) is 2.31. The van der Waals surface area contributed by atoms with Gasteiger partial charge in [-0.2, -0.15) is 5.53 Å². The van der Waals surface area contributed by atoms with Gasteiger partial charge in [0.2, 0.25) is 0 Å². The number of rotatable bonds is 2. The van der Waals surface area contributed by atoms with Crippen molar-refractivity contribution in [2.45, 2.75) is 0 Å². The van der Waals surface area contributed by atoms with Crippen molar-refractivity contribution in [3.05, 3.63) is 0 Å². The largest absolute Gasteiger partial charge is 0.379 e. The van der Waals surface area contributed by atoms with Gasteiger partial charge in [0.25, 0.3) is 0 Å². The Hall–Kier alpha value is -0.890. The Labute approximate surface area is 70.1 Å². The number of nitrogens with zero attached hydrogens (tertiary/aromatic N) is 1. The van der Waals surface area contributed by atoms with Crippen LogP contribution in [0.15, 0.2) is 0 Å². The van der Waals surface area contributed by atoms with E-state index in [9.17, 15) is 4.79 Å². The highest BCUT2D eigenvalue weighted by molar-refractivity contribution is 5.72. The van der Waals surface area contributed by atoms with Crippen LogP contribution in [0, 0.1) is 0 Å². The van der Waals surface area contributed by atoms with Crippen molar-refractivity contribution in [3.8, 4) is 0 Å². The Morgan fingerprint density at radius 1 is 1.42 bits per heavy atom. The van der Waals surface area contributed by atoms with E-state index in [2.05, 4.69) is 11.0 Å². The molecular formula is C5H13N5O2. The average molecular weight is 175 g/mol. The minimum Gasteiger partial charge on any atom is -0.379 e. The van der Waals surface area contributed by atoms with Gasteiger partial charge in [0.15, 0.2) is 0 Å². The zero-order chi connectivity index (χ0) is 8.81. The van der Waals surface area contributed by atoms with Crippen molar-refractivity contribution in [2.75, 3.05) is 26.3 Å². The van der Waals surface area contributed by atoms with Crippen LogP contribution in [0.5, 0.6) is 0 Å². The minimum absolute atomic E-state index is 0.471. The fraction of sp³-hybridized carbons (Fsp3) is 0.800. The van der Waals surface area contributed by atoms with E-state index in [0.29, 0.717) is 13.2 Å². The molecule has 1 heterocycles. The SMILES string of the molecule is NNC(=O)NNN1CCOCC1. The van der Waals surface area contributed by atoms with Gasteiger partial charge in [-0.25, -0.2) is 15.6 Å². The second kappa shape index (κ2) is 4.88. The predicted molar refractivity (Wildman–Crippen MR) is 41.4 cm³/mol. The Balaban J connectivity index is 2.09. The van der Waals surface area contributed by atoms with Gasteiger partial charge in [-0.1, -0.05) is 0 Å². The molecule has 0 atom stereocenters. The van der Waals surface area contributed by atoms with E-state index in [1.807, 2.05) is 10.4 Å². The molecule has 1 aliphatic rings. The Kier molecular flexibility index (Phi) is 3.74. The standard InChI is InChI=1S/C5H13N5O2/c6-7-5(11)8-9-10-1-3-12-4-2-10/h9H,1-4,6H2,(H2,7,8,11). The number of ether oxygens (including phenoxy) is 1. The lowest BCUT2D eigenvalue weighted by Gasteiger charge is -2.26. The van der Waals surface area contributed by atoms with E-state index in [-0.39, 0.29) is 0 Å². The summed E-state index contributed by atoms with van der Waals surface area (Å²) in [5.74, 6) is 4.84. The molecule has 1 rings (SSSR count). The van der Waals surface area contributed by atoms with E-state index >= 15 is 0 Å². The molecule has 0 bridgehead atoms. The molecular weight excluding hydrogens is 162 g/mol. The van der Waals surface area contributed by atoms with Gasteiger partial charge in [0, 0.05) is 13.1 Å². The monoisotopic (exact) mass is 175 g/mol. The quantitative estimate of drug-likeness (QED) is 0.219. The molecule has 70 valence electrons. The summed E-state index contributed by atoms with van der Waals surface area (Å²) in [6.45, 7) is 2.81. The molecule has 0 aromatic rings. The fourth-order valence-electron chi connectivity index (χ4n) is 0.841. The number of nitrogens with two attached hydrogens (primary N) is 1. The van der Waals surface area contributed by atoms with Crippen molar-refractivity contribution in [1.82, 2.24) is 21.4 Å². The van der Waals surface area contributed by atoms with Crippen LogP contribution in [0.3, 0.4) is 0 Å². The summed E-state index contributed by atoms with van der Waals surface area (Å²) in [7, 11) is 0. The van der Waals surface area contributed by atoms with Crippen molar-refractivity contribution in [1.29, 1.82) is 0 Å². The molecule has 7 nitrogen and oxygen atoms in total. The lowest BCUT2D eigenvalue weighted by atomic mass is 10.5. The highest BCUT2D eigenvalue weighted by Gasteiger charge is 2.09. The summed E-state index contributed by atoms with van der Waals surface area (Å²) in [5, 5.41) is 1.83. The molecule has 5 N–H and O–H groups in total. The van der Waals surface area contributed by atoms with Crippen LogP contribution in [-0.4, -0.2) is 37.3 Å². The topological polar surface area (TPSA) is 91.6 Å². The molecule has 0 aliphatic carbocycles. The maximum atomic E-state index is 10.6. The van der Waals surface area contributed by atoms with Crippen LogP contribution < -0.4 is 22.2 Å². The lowest BCUT2D eigenvalue weighted by Crippen LogP contribution is -2.56. The number of morpholine rings is 1. The first-order valence-corrected chi connectivity index (χ1v) is 3.68.